The zero-order valence-electron chi connectivity index (χ0n) is 8.37. The second-order valence-corrected chi connectivity index (χ2v) is 5.41. The third-order valence-corrected chi connectivity index (χ3v) is 4.20. The van der Waals surface area contributed by atoms with Crippen LogP contribution in [0, 0.1) is 11.3 Å². The van der Waals surface area contributed by atoms with E-state index in [1.165, 1.54) is 39.3 Å². The van der Waals surface area contributed by atoms with Crippen molar-refractivity contribution in [3.05, 3.63) is 0 Å². The van der Waals surface area contributed by atoms with E-state index < -0.39 is 0 Å². The number of rotatable bonds is 0. The third-order valence-electron chi connectivity index (χ3n) is 4.20. The Morgan fingerprint density at radius 3 is 2.15 bits per heavy atom. The van der Waals surface area contributed by atoms with E-state index in [-0.39, 0.29) is 0 Å². The fraction of sp³-hybridized carbons (Fsp3) is 1.00. The monoisotopic (exact) mass is 181 g/mol. The first-order chi connectivity index (χ1) is 6.17. The van der Waals surface area contributed by atoms with Gasteiger partial charge in [-0.25, -0.2) is 0 Å². The Balaban J connectivity index is 1.98. The molecule has 0 aromatic rings. The summed E-state index contributed by atoms with van der Waals surface area (Å²) >= 11 is 0. The van der Waals surface area contributed by atoms with Crippen LogP contribution in [0.15, 0.2) is 0 Å². The van der Waals surface area contributed by atoms with E-state index in [1.54, 1.807) is 0 Å². The summed E-state index contributed by atoms with van der Waals surface area (Å²) in [5.41, 5.74) is 6.69. The van der Waals surface area contributed by atoms with Crippen molar-refractivity contribution in [2.75, 3.05) is 39.3 Å². The van der Waals surface area contributed by atoms with Gasteiger partial charge >= 0.3 is 0 Å². The summed E-state index contributed by atoms with van der Waals surface area (Å²) in [6, 6.07) is 0.443. The molecule has 2 unspecified atom stereocenters. The maximum Gasteiger partial charge on any atom is 0.0170 e. The van der Waals surface area contributed by atoms with Gasteiger partial charge in [0.1, 0.15) is 0 Å². The van der Waals surface area contributed by atoms with E-state index in [1.807, 2.05) is 0 Å². The van der Waals surface area contributed by atoms with Crippen LogP contribution in [0.1, 0.15) is 6.92 Å². The molecule has 0 radical (unpaired) electrons. The molecule has 4 rings (SSSR count). The molecule has 0 amide bonds. The summed E-state index contributed by atoms with van der Waals surface area (Å²) in [6.45, 7) is 9.83. The highest BCUT2D eigenvalue weighted by molar-refractivity contribution is 5.05. The zero-order valence-corrected chi connectivity index (χ0v) is 8.37. The Bertz CT molecular complexity index is 212. The van der Waals surface area contributed by atoms with Crippen LogP contribution in [0.5, 0.6) is 0 Å². The Labute approximate surface area is 79.9 Å². The number of fused-ring (bicyclic) bond motifs is 1. The second kappa shape index (κ2) is 2.47. The summed E-state index contributed by atoms with van der Waals surface area (Å²) in [5.74, 6) is 0.731. The smallest absolute Gasteiger partial charge is 0.0170 e. The Hall–Kier alpha value is -0.120. The van der Waals surface area contributed by atoms with Gasteiger partial charge in [-0.3, -0.25) is 0 Å². The van der Waals surface area contributed by atoms with Gasteiger partial charge in [0.15, 0.2) is 0 Å². The largest absolute Gasteiger partial charge is 0.327 e. The predicted molar refractivity (Wildman–Crippen MR) is 52.5 cm³/mol. The number of hydrogen-bond acceptors (Lipinski definition) is 3. The summed E-state index contributed by atoms with van der Waals surface area (Å²) in [4.78, 5) is 5.22. The molecule has 0 spiro atoms. The van der Waals surface area contributed by atoms with E-state index in [9.17, 15) is 0 Å². The maximum atomic E-state index is 6.32. The standard InChI is InChI=1S/C10H19N3/c1-10-6-12-2-3-13(7-10)5-8(4-12)9(10)11/h8-9H,2-7,11H2,1H3/t8?,9-,10?/m0/s1. The number of piperidine rings is 2. The summed E-state index contributed by atoms with van der Waals surface area (Å²) < 4.78 is 0. The van der Waals surface area contributed by atoms with E-state index in [0.29, 0.717) is 11.5 Å². The van der Waals surface area contributed by atoms with Crippen molar-refractivity contribution in [3.63, 3.8) is 0 Å². The van der Waals surface area contributed by atoms with Gasteiger partial charge in [-0.15, -0.1) is 0 Å². The van der Waals surface area contributed by atoms with Gasteiger partial charge in [0.2, 0.25) is 0 Å². The molecule has 4 bridgehead atoms. The van der Waals surface area contributed by atoms with Crippen LogP contribution < -0.4 is 5.73 Å². The molecule has 0 saturated carbocycles. The molecule has 13 heavy (non-hydrogen) atoms. The number of nitrogens with two attached hydrogens (primary N) is 1. The molecular weight excluding hydrogens is 162 g/mol. The van der Waals surface area contributed by atoms with E-state index in [0.717, 1.165) is 5.92 Å². The van der Waals surface area contributed by atoms with Crippen molar-refractivity contribution in [1.29, 1.82) is 0 Å². The van der Waals surface area contributed by atoms with Crippen LogP contribution in [0.4, 0.5) is 0 Å². The van der Waals surface area contributed by atoms with Crippen molar-refractivity contribution >= 4 is 0 Å². The van der Waals surface area contributed by atoms with Crippen molar-refractivity contribution in [1.82, 2.24) is 9.80 Å². The van der Waals surface area contributed by atoms with E-state index >= 15 is 0 Å². The van der Waals surface area contributed by atoms with Crippen molar-refractivity contribution in [2.45, 2.75) is 13.0 Å². The lowest BCUT2D eigenvalue weighted by atomic mass is 9.70. The Morgan fingerprint density at radius 2 is 1.69 bits per heavy atom. The second-order valence-electron chi connectivity index (χ2n) is 5.41. The first kappa shape index (κ1) is 8.21. The summed E-state index contributed by atoms with van der Waals surface area (Å²) in [6.07, 6.45) is 0. The molecule has 4 aliphatic heterocycles. The molecule has 0 aromatic heterocycles. The highest BCUT2D eigenvalue weighted by atomic mass is 15.3. The summed E-state index contributed by atoms with van der Waals surface area (Å²) in [7, 11) is 0. The molecule has 0 aromatic carbocycles. The molecule has 4 saturated heterocycles. The molecule has 4 heterocycles. The molecule has 4 fully saturated rings. The molecule has 0 aliphatic carbocycles. The van der Waals surface area contributed by atoms with Crippen LogP contribution in [0.2, 0.25) is 0 Å². The SMILES string of the molecule is CC12CN3CCN(CC(C3)[C@@H]1N)C2. The van der Waals surface area contributed by atoms with Crippen molar-refractivity contribution in [2.24, 2.45) is 17.1 Å². The first-order valence-corrected chi connectivity index (χ1v) is 5.38. The van der Waals surface area contributed by atoms with E-state index in [4.69, 9.17) is 5.73 Å². The van der Waals surface area contributed by atoms with Crippen LogP contribution in [-0.2, 0) is 0 Å². The molecule has 3 nitrogen and oxygen atoms in total. The van der Waals surface area contributed by atoms with Crippen molar-refractivity contribution in [3.8, 4) is 0 Å². The average molecular weight is 181 g/mol. The maximum absolute atomic E-state index is 6.32. The lowest BCUT2D eigenvalue weighted by Gasteiger charge is -2.52. The Kier molecular flexibility index (Phi) is 1.56. The predicted octanol–water partition coefficient (Wildman–Crippen LogP) is -0.419. The van der Waals surface area contributed by atoms with Crippen molar-refractivity contribution < 1.29 is 0 Å². The molecule has 3 atom stereocenters. The minimum atomic E-state index is 0.373. The summed E-state index contributed by atoms with van der Waals surface area (Å²) in [5, 5.41) is 0. The highest BCUT2D eigenvalue weighted by Gasteiger charge is 2.49. The van der Waals surface area contributed by atoms with E-state index in [2.05, 4.69) is 16.7 Å². The number of nitrogens with zero attached hydrogens (tertiary/aromatic N) is 2. The van der Waals surface area contributed by atoms with Gasteiger partial charge in [0.25, 0.3) is 0 Å². The van der Waals surface area contributed by atoms with Gasteiger partial charge in [0.05, 0.1) is 0 Å². The lowest BCUT2D eigenvalue weighted by molar-refractivity contribution is -0.00384. The minimum absolute atomic E-state index is 0.373. The van der Waals surface area contributed by atoms with Gasteiger partial charge in [0, 0.05) is 56.6 Å². The number of hydrogen-bond donors (Lipinski definition) is 1. The van der Waals surface area contributed by atoms with Gasteiger partial charge in [-0.1, -0.05) is 6.92 Å². The lowest BCUT2D eigenvalue weighted by Crippen LogP contribution is -2.65. The topological polar surface area (TPSA) is 32.5 Å². The molecule has 2 N–H and O–H groups in total. The fourth-order valence-electron chi connectivity index (χ4n) is 3.55. The van der Waals surface area contributed by atoms with Gasteiger partial charge in [-0.05, 0) is 0 Å². The van der Waals surface area contributed by atoms with Crippen LogP contribution in [0.25, 0.3) is 0 Å². The molecule has 74 valence electrons. The quantitative estimate of drug-likeness (QED) is 0.551. The molecular formula is C10H19N3. The third kappa shape index (κ3) is 1.07. The minimum Gasteiger partial charge on any atom is -0.327 e. The Morgan fingerprint density at radius 1 is 1.15 bits per heavy atom. The first-order valence-electron chi connectivity index (χ1n) is 5.38. The normalized spacial score (nSPS) is 59.5. The van der Waals surface area contributed by atoms with Gasteiger partial charge < -0.3 is 15.5 Å². The van der Waals surface area contributed by atoms with Crippen LogP contribution in [0.3, 0.4) is 0 Å². The van der Waals surface area contributed by atoms with Crippen LogP contribution in [-0.4, -0.2) is 55.1 Å². The molecule has 3 heteroatoms. The zero-order chi connectivity index (χ0) is 9.05. The van der Waals surface area contributed by atoms with Gasteiger partial charge in [-0.2, -0.15) is 0 Å². The fourth-order valence-corrected chi connectivity index (χ4v) is 3.55. The van der Waals surface area contributed by atoms with Crippen LogP contribution >= 0.6 is 0 Å². The highest BCUT2D eigenvalue weighted by Crippen LogP contribution is 2.38. The average Bonchev–Trinajstić information content (AvgIpc) is 2.28. The molecule has 4 aliphatic rings.